The normalized spacial score (nSPS) is 20.7. The summed E-state index contributed by atoms with van der Waals surface area (Å²) in [6.07, 6.45) is 10.1. The lowest BCUT2D eigenvalue weighted by Gasteiger charge is -2.29. The second-order valence-electron chi connectivity index (χ2n) is 6.65. The molecular formula is C20H34N6O. The van der Waals surface area contributed by atoms with Crippen LogP contribution in [0.1, 0.15) is 52.9 Å². The molecule has 1 unspecified atom stereocenters. The highest BCUT2D eigenvalue weighted by molar-refractivity contribution is 5.69. The number of allylic oxidation sites excluding steroid dienone is 1. The van der Waals surface area contributed by atoms with Crippen molar-refractivity contribution < 1.29 is 5.11 Å². The highest BCUT2D eigenvalue weighted by Crippen LogP contribution is 2.33. The Morgan fingerprint density at radius 2 is 2.11 bits per heavy atom. The Hall–Kier alpha value is -2.30. The van der Waals surface area contributed by atoms with Crippen LogP contribution >= 0.6 is 0 Å². The molecule has 1 aliphatic rings. The van der Waals surface area contributed by atoms with Gasteiger partial charge in [-0.15, -0.1) is 0 Å². The summed E-state index contributed by atoms with van der Waals surface area (Å²) in [4.78, 5) is 4.11. The second kappa shape index (κ2) is 12.2. The van der Waals surface area contributed by atoms with Gasteiger partial charge >= 0.3 is 0 Å². The molecule has 1 aromatic heterocycles. The first kappa shape index (κ1) is 22.7. The minimum Gasteiger partial charge on any atom is -0.401 e. The Morgan fingerprint density at radius 1 is 1.44 bits per heavy atom. The van der Waals surface area contributed by atoms with Crippen molar-refractivity contribution in [1.29, 1.82) is 5.26 Å². The van der Waals surface area contributed by atoms with Crippen molar-refractivity contribution in [1.82, 2.24) is 4.98 Å². The van der Waals surface area contributed by atoms with Crippen molar-refractivity contribution in [2.24, 2.45) is 23.4 Å². The SMILES string of the molecule is CC.CC(C#N)Nc1ccncc1N(N)/C=C(\N)C1CCC(CCO)CC1. The van der Waals surface area contributed by atoms with E-state index in [0.29, 0.717) is 17.5 Å². The van der Waals surface area contributed by atoms with Gasteiger partial charge in [0.15, 0.2) is 0 Å². The number of nitrogens with one attached hydrogen (secondary N) is 1. The van der Waals surface area contributed by atoms with E-state index in [2.05, 4.69) is 16.4 Å². The quantitative estimate of drug-likeness (QED) is 0.427. The van der Waals surface area contributed by atoms with Gasteiger partial charge in [-0.05, 0) is 56.9 Å². The third-order valence-electron chi connectivity index (χ3n) is 4.79. The number of aliphatic hydroxyl groups is 1. The van der Waals surface area contributed by atoms with Crippen LogP contribution in [0.3, 0.4) is 0 Å². The van der Waals surface area contributed by atoms with Crippen LogP contribution in [0.5, 0.6) is 0 Å². The van der Waals surface area contributed by atoms with Crippen molar-refractivity contribution in [2.75, 3.05) is 16.9 Å². The lowest BCUT2D eigenvalue weighted by atomic mass is 9.79. The molecule has 27 heavy (non-hydrogen) atoms. The average Bonchev–Trinajstić information content (AvgIpc) is 2.70. The van der Waals surface area contributed by atoms with Gasteiger partial charge < -0.3 is 16.2 Å². The van der Waals surface area contributed by atoms with Crippen molar-refractivity contribution in [3.05, 3.63) is 30.4 Å². The Morgan fingerprint density at radius 3 is 2.70 bits per heavy atom. The zero-order chi connectivity index (χ0) is 20.2. The molecule has 1 fully saturated rings. The number of nitrogens with zero attached hydrogens (tertiary/aromatic N) is 3. The molecule has 0 radical (unpaired) electrons. The zero-order valence-electron chi connectivity index (χ0n) is 16.7. The highest BCUT2D eigenvalue weighted by atomic mass is 16.3. The van der Waals surface area contributed by atoms with Crippen LogP contribution in [0.2, 0.25) is 0 Å². The largest absolute Gasteiger partial charge is 0.401 e. The van der Waals surface area contributed by atoms with Crippen molar-refractivity contribution in [3.8, 4) is 6.07 Å². The van der Waals surface area contributed by atoms with Gasteiger partial charge in [0, 0.05) is 24.7 Å². The maximum atomic E-state index is 9.05. The Labute approximate surface area is 163 Å². The number of nitriles is 1. The molecule has 0 aliphatic heterocycles. The van der Waals surface area contributed by atoms with E-state index in [1.165, 1.54) is 5.01 Å². The molecule has 7 heteroatoms. The molecule has 2 rings (SSSR count). The summed E-state index contributed by atoms with van der Waals surface area (Å²) in [5.74, 6) is 7.09. The number of hydrazine groups is 1. The number of rotatable bonds is 7. The van der Waals surface area contributed by atoms with Crippen molar-refractivity contribution >= 4 is 11.4 Å². The molecule has 0 saturated heterocycles. The molecule has 0 amide bonds. The fourth-order valence-corrected chi connectivity index (χ4v) is 3.28. The molecule has 1 aromatic rings. The molecule has 7 nitrogen and oxygen atoms in total. The van der Waals surface area contributed by atoms with Gasteiger partial charge in [-0.25, -0.2) is 5.84 Å². The lowest BCUT2D eigenvalue weighted by Crippen LogP contribution is -2.30. The van der Waals surface area contributed by atoms with Crippen LogP contribution < -0.4 is 21.9 Å². The summed E-state index contributed by atoms with van der Waals surface area (Å²) < 4.78 is 0. The Kier molecular flexibility index (Phi) is 10.2. The second-order valence-corrected chi connectivity index (χ2v) is 6.65. The van der Waals surface area contributed by atoms with Gasteiger partial charge in [-0.2, -0.15) is 5.26 Å². The highest BCUT2D eigenvalue weighted by Gasteiger charge is 2.23. The minimum absolute atomic E-state index is 0.259. The molecule has 0 aromatic carbocycles. The summed E-state index contributed by atoms with van der Waals surface area (Å²) in [7, 11) is 0. The fourth-order valence-electron chi connectivity index (χ4n) is 3.28. The van der Waals surface area contributed by atoms with Gasteiger partial charge in [0.1, 0.15) is 6.04 Å². The van der Waals surface area contributed by atoms with E-state index in [9.17, 15) is 0 Å². The van der Waals surface area contributed by atoms with Gasteiger partial charge in [0.05, 0.1) is 23.6 Å². The standard InChI is InChI=1S/C18H28N6O.C2H6/c1-13(10-19)23-17-6-8-22-11-18(17)24(21)12-16(20)15-4-2-14(3-5-15)7-9-25;1-2/h6,8,11-15,25H,2-5,7,9,20-21H2,1H3,(H,22,23);1-2H3/b16-12-;. The van der Waals surface area contributed by atoms with Crippen LogP contribution in [0.4, 0.5) is 11.4 Å². The summed E-state index contributed by atoms with van der Waals surface area (Å²) in [6, 6.07) is 3.59. The zero-order valence-corrected chi connectivity index (χ0v) is 16.7. The molecule has 1 atom stereocenters. The van der Waals surface area contributed by atoms with E-state index in [-0.39, 0.29) is 12.6 Å². The van der Waals surface area contributed by atoms with Gasteiger partial charge in [-0.1, -0.05) is 13.8 Å². The van der Waals surface area contributed by atoms with Crippen LogP contribution in [0.15, 0.2) is 30.4 Å². The van der Waals surface area contributed by atoms with Crippen LogP contribution in [0.25, 0.3) is 0 Å². The monoisotopic (exact) mass is 374 g/mol. The molecule has 150 valence electrons. The molecule has 6 N–H and O–H groups in total. The fraction of sp³-hybridized carbons (Fsp3) is 0.600. The third kappa shape index (κ3) is 7.08. The van der Waals surface area contributed by atoms with E-state index in [0.717, 1.165) is 43.5 Å². The maximum Gasteiger partial charge on any atom is 0.111 e. The number of pyridine rings is 1. The van der Waals surface area contributed by atoms with E-state index < -0.39 is 0 Å². The van der Waals surface area contributed by atoms with E-state index in [1.807, 2.05) is 13.8 Å². The number of aliphatic hydroxyl groups excluding tert-OH is 1. The minimum atomic E-state index is -0.335. The first-order chi connectivity index (χ1) is 13.0. The summed E-state index contributed by atoms with van der Waals surface area (Å²) in [6.45, 7) is 6.04. The maximum absolute atomic E-state index is 9.05. The summed E-state index contributed by atoms with van der Waals surface area (Å²) in [5.41, 5.74) is 8.44. The molecule has 0 bridgehead atoms. The molecule has 1 heterocycles. The summed E-state index contributed by atoms with van der Waals surface area (Å²) in [5, 5.41) is 22.6. The number of hydrogen-bond donors (Lipinski definition) is 4. The van der Waals surface area contributed by atoms with Crippen LogP contribution in [-0.4, -0.2) is 22.7 Å². The average molecular weight is 375 g/mol. The van der Waals surface area contributed by atoms with Gasteiger partial charge in [-0.3, -0.25) is 9.99 Å². The predicted molar refractivity (Wildman–Crippen MR) is 110 cm³/mol. The van der Waals surface area contributed by atoms with Crippen LogP contribution in [-0.2, 0) is 0 Å². The Balaban J connectivity index is 0.00000176. The number of anilines is 2. The topological polar surface area (TPSA) is 124 Å². The van der Waals surface area contributed by atoms with Crippen LogP contribution in [0, 0.1) is 23.2 Å². The van der Waals surface area contributed by atoms with E-state index in [1.54, 1.807) is 31.6 Å². The lowest BCUT2D eigenvalue weighted by molar-refractivity contribution is 0.214. The Bertz CT molecular complexity index is 619. The van der Waals surface area contributed by atoms with Gasteiger partial charge in [0.25, 0.3) is 0 Å². The van der Waals surface area contributed by atoms with Crippen molar-refractivity contribution in [2.45, 2.75) is 58.9 Å². The van der Waals surface area contributed by atoms with E-state index in [4.69, 9.17) is 21.9 Å². The molecule has 1 saturated carbocycles. The smallest absolute Gasteiger partial charge is 0.111 e. The predicted octanol–water partition coefficient (Wildman–Crippen LogP) is 3.10. The summed E-state index contributed by atoms with van der Waals surface area (Å²) >= 11 is 0. The van der Waals surface area contributed by atoms with Gasteiger partial charge in [0.2, 0.25) is 0 Å². The number of aromatic nitrogens is 1. The first-order valence-corrected chi connectivity index (χ1v) is 9.77. The van der Waals surface area contributed by atoms with E-state index >= 15 is 0 Å². The first-order valence-electron chi connectivity index (χ1n) is 9.77. The molecule has 1 aliphatic carbocycles. The van der Waals surface area contributed by atoms with Crippen molar-refractivity contribution in [3.63, 3.8) is 0 Å². The molecular weight excluding hydrogens is 340 g/mol. The third-order valence-corrected chi connectivity index (χ3v) is 4.79. The number of nitrogens with two attached hydrogens (primary N) is 2. The number of hydrogen-bond acceptors (Lipinski definition) is 7. The molecule has 0 spiro atoms.